The summed E-state index contributed by atoms with van der Waals surface area (Å²) in [4.78, 5) is 17.4. The molecule has 1 fully saturated rings. The first kappa shape index (κ1) is 26.0. The third kappa shape index (κ3) is 4.34. The highest BCUT2D eigenvalue weighted by Gasteiger charge is 2.58. The second kappa shape index (κ2) is 9.42. The minimum atomic E-state index is -4.78. The van der Waals surface area contributed by atoms with Crippen molar-refractivity contribution in [2.45, 2.75) is 44.5 Å². The lowest BCUT2D eigenvalue weighted by Crippen LogP contribution is -2.52. The second-order valence-electron chi connectivity index (χ2n) is 8.83. The highest BCUT2D eigenvalue weighted by molar-refractivity contribution is 14.1. The minimum Gasteiger partial charge on any atom is -0.372 e. The summed E-state index contributed by atoms with van der Waals surface area (Å²) in [5.74, 6) is -0.482. The number of aliphatic hydroxyl groups is 1. The van der Waals surface area contributed by atoms with Gasteiger partial charge in [-0.2, -0.15) is 13.2 Å². The van der Waals surface area contributed by atoms with Crippen LogP contribution in [0.2, 0.25) is 10.0 Å². The predicted molar refractivity (Wildman–Crippen MR) is 135 cm³/mol. The van der Waals surface area contributed by atoms with E-state index in [1.165, 1.54) is 29.2 Å². The smallest absolute Gasteiger partial charge is 0.372 e. The number of rotatable bonds is 6. The van der Waals surface area contributed by atoms with Crippen molar-refractivity contribution in [1.29, 1.82) is 0 Å². The summed E-state index contributed by atoms with van der Waals surface area (Å²) in [5, 5.41) is 12.0. The van der Waals surface area contributed by atoms with E-state index in [1.807, 2.05) is 22.6 Å². The summed E-state index contributed by atoms with van der Waals surface area (Å²) in [6, 6.07) is 6.22. The van der Waals surface area contributed by atoms with Gasteiger partial charge in [-0.3, -0.25) is 4.79 Å². The molecule has 4 nitrogen and oxygen atoms in total. The Morgan fingerprint density at radius 3 is 2.38 bits per heavy atom. The van der Waals surface area contributed by atoms with E-state index < -0.39 is 28.8 Å². The van der Waals surface area contributed by atoms with E-state index in [9.17, 15) is 23.1 Å². The fourth-order valence-electron chi connectivity index (χ4n) is 5.08. The maximum Gasteiger partial charge on any atom is 0.416 e. The van der Waals surface area contributed by atoms with E-state index in [0.717, 1.165) is 25.7 Å². The number of fused-ring (bicyclic) bond motifs is 1. The molecule has 2 aromatic rings. The van der Waals surface area contributed by atoms with Crippen LogP contribution in [0.25, 0.3) is 0 Å². The van der Waals surface area contributed by atoms with Crippen LogP contribution in [0, 0.1) is 9.49 Å². The molecule has 2 aliphatic rings. The van der Waals surface area contributed by atoms with Crippen LogP contribution in [0.15, 0.2) is 30.3 Å². The largest absolute Gasteiger partial charge is 0.416 e. The molecule has 0 bridgehead atoms. The van der Waals surface area contributed by atoms with Gasteiger partial charge in [0.05, 0.1) is 11.3 Å². The van der Waals surface area contributed by atoms with E-state index in [2.05, 4.69) is 18.7 Å². The fraction of sp³-hybridized carbons (Fsp3) is 0.458. The zero-order chi connectivity index (χ0) is 25.0. The van der Waals surface area contributed by atoms with Crippen molar-refractivity contribution in [3.8, 4) is 0 Å². The first-order valence-electron chi connectivity index (χ1n) is 11.1. The number of hydrogen-bond donors (Lipinski definition) is 1. The van der Waals surface area contributed by atoms with E-state index in [-0.39, 0.29) is 27.3 Å². The van der Waals surface area contributed by atoms with Gasteiger partial charge in [-0.25, -0.2) is 0 Å². The van der Waals surface area contributed by atoms with Crippen LogP contribution in [0.5, 0.6) is 0 Å². The first-order chi connectivity index (χ1) is 15.9. The molecule has 1 heterocycles. The topological polar surface area (TPSA) is 43.8 Å². The molecule has 1 aliphatic carbocycles. The van der Waals surface area contributed by atoms with Crippen molar-refractivity contribution in [2.75, 3.05) is 24.5 Å². The molecule has 2 aromatic carbocycles. The molecule has 0 radical (unpaired) electrons. The SMILES string of the molecule is CCN(CC)CC1CC(N2C(=O)C(O)(c3ccc(Cl)cc3Cl)c3c2cc(I)cc3C(F)(F)F)C1. The molecule has 0 aromatic heterocycles. The first-order valence-corrected chi connectivity index (χ1v) is 12.9. The van der Waals surface area contributed by atoms with E-state index in [4.69, 9.17) is 23.2 Å². The molecule has 10 heteroatoms. The molecule has 1 N–H and O–H groups in total. The standard InChI is InChI=1S/C24H24Cl2F3IN2O2/c1-3-31(4-2)12-13-7-16(8-13)32-20-11-15(30)10-18(24(27,28)29)21(20)23(34,22(32)33)17-6-5-14(25)9-19(17)26/h5-6,9-11,13,16,34H,3-4,7-8,12H2,1-2H3. The number of alkyl halides is 3. The van der Waals surface area contributed by atoms with Gasteiger partial charge in [0.15, 0.2) is 5.60 Å². The van der Waals surface area contributed by atoms with Crippen molar-refractivity contribution in [2.24, 2.45) is 5.92 Å². The quantitative estimate of drug-likeness (QED) is 0.382. The number of hydrogen-bond acceptors (Lipinski definition) is 3. The highest BCUT2D eigenvalue weighted by Crippen LogP contribution is 2.54. The van der Waals surface area contributed by atoms with E-state index in [1.54, 1.807) is 0 Å². The molecule has 1 saturated carbocycles. The Morgan fingerprint density at radius 1 is 1.18 bits per heavy atom. The Kier molecular flexibility index (Phi) is 7.21. The number of nitrogens with zero attached hydrogens (tertiary/aromatic N) is 2. The summed E-state index contributed by atoms with van der Waals surface area (Å²) in [7, 11) is 0. The monoisotopic (exact) mass is 626 g/mol. The number of anilines is 1. The Bertz CT molecular complexity index is 1120. The van der Waals surface area contributed by atoms with E-state index in [0.29, 0.717) is 22.3 Å². The average molecular weight is 627 g/mol. The van der Waals surface area contributed by atoms with Gasteiger partial charge in [-0.1, -0.05) is 43.1 Å². The Labute approximate surface area is 220 Å². The third-order valence-electron chi connectivity index (χ3n) is 6.85. The van der Waals surface area contributed by atoms with Gasteiger partial charge in [0, 0.05) is 37.3 Å². The summed E-state index contributed by atoms with van der Waals surface area (Å²) in [6.07, 6.45) is -3.47. The lowest BCUT2D eigenvalue weighted by Gasteiger charge is -2.43. The number of halogens is 6. The van der Waals surface area contributed by atoms with Gasteiger partial charge >= 0.3 is 6.18 Å². The van der Waals surface area contributed by atoms with Crippen LogP contribution in [0.3, 0.4) is 0 Å². The average Bonchev–Trinajstić information content (AvgIpc) is 2.93. The van der Waals surface area contributed by atoms with Crippen molar-refractivity contribution >= 4 is 57.4 Å². The molecule has 0 spiro atoms. The van der Waals surface area contributed by atoms with Gasteiger partial charge in [-0.15, -0.1) is 0 Å². The molecule has 1 amide bonds. The lowest BCUT2D eigenvalue weighted by molar-refractivity contribution is -0.142. The molecule has 1 unspecified atom stereocenters. The summed E-state index contributed by atoms with van der Waals surface area (Å²) >= 11 is 14.1. The zero-order valence-corrected chi connectivity index (χ0v) is 22.3. The maximum atomic E-state index is 14.2. The second-order valence-corrected chi connectivity index (χ2v) is 10.9. The van der Waals surface area contributed by atoms with Crippen LogP contribution >= 0.6 is 45.8 Å². The molecular weight excluding hydrogens is 603 g/mol. The van der Waals surface area contributed by atoms with Gasteiger partial charge < -0.3 is 14.9 Å². The van der Waals surface area contributed by atoms with Crippen LogP contribution in [0.1, 0.15) is 43.4 Å². The maximum absolute atomic E-state index is 14.2. The number of carbonyl (C=O) groups excluding carboxylic acids is 1. The molecule has 4 rings (SSSR count). The van der Waals surface area contributed by atoms with Crippen molar-refractivity contribution in [3.05, 3.63) is 60.6 Å². The lowest BCUT2D eigenvalue weighted by atomic mass is 9.78. The summed E-state index contributed by atoms with van der Waals surface area (Å²) < 4.78 is 42.9. The summed E-state index contributed by atoms with van der Waals surface area (Å²) in [6.45, 7) is 6.84. The molecule has 1 atom stereocenters. The molecule has 34 heavy (non-hydrogen) atoms. The van der Waals surface area contributed by atoms with Crippen molar-refractivity contribution < 1.29 is 23.1 Å². The van der Waals surface area contributed by atoms with Crippen molar-refractivity contribution in [3.63, 3.8) is 0 Å². The Morgan fingerprint density at radius 2 is 1.82 bits per heavy atom. The highest BCUT2D eigenvalue weighted by atomic mass is 127. The van der Waals surface area contributed by atoms with Crippen LogP contribution < -0.4 is 4.90 Å². The fourth-order valence-corrected chi connectivity index (χ4v) is 6.23. The number of amides is 1. The van der Waals surface area contributed by atoms with Gasteiger partial charge in [0.1, 0.15) is 0 Å². The normalized spacial score (nSPS) is 24.5. The summed E-state index contributed by atoms with van der Waals surface area (Å²) in [5.41, 5.74) is -4.11. The minimum absolute atomic E-state index is 0.0733. The zero-order valence-electron chi connectivity index (χ0n) is 18.6. The Hall–Kier alpha value is -1.07. The van der Waals surface area contributed by atoms with Crippen molar-refractivity contribution in [1.82, 2.24) is 4.90 Å². The molecule has 184 valence electrons. The van der Waals surface area contributed by atoms with Crippen LogP contribution in [-0.4, -0.2) is 41.6 Å². The number of benzene rings is 2. The van der Waals surface area contributed by atoms with Gasteiger partial charge in [0.2, 0.25) is 0 Å². The Balaban J connectivity index is 1.82. The molecule has 1 aliphatic heterocycles. The van der Waals surface area contributed by atoms with Crippen LogP contribution in [-0.2, 0) is 16.6 Å². The van der Waals surface area contributed by atoms with Crippen LogP contribution in [0.4, 0.5) is 18.9 Å². The molecular formula is C24H24Cl2F3IN2O2. The predicted octanol–water partition coefficient (Wildman–Crippen LogP) is 6.32. The van der Waals surface area contributed by atoms with Gasteiger partial charge in [0.25, 0.3) is 5.91 Å². The van der Waals surface area contributed by atoms with E-state index >= 15 is 0 Å². The number of carbonyl (C=O) groups is 1. The molecule has 0 saturated heterocycles. The third-order valence-corrected chi connectivity index (χ3v) is 8.02. The van der Waals surface area contributed by atoms with Gasteiger partial charge in [-0.05, 0) is 78.7 Å².